The zero-order valence-electron chi connectivity index (χ0n) is 12.3. The van der Waals surface area contributed by atoms with Crippen LogP contribution in [0.4, 0.5) is 0 Å². The second-order valence-corrected chi connectivity index (χ2v) is 5.29. The first-order valence-electron chi connectivity index (χ1n) is 6.73. The molecule has 0 saturated carbocycles. The number of H-pyrrole nitrogens is 1. The molecular weight excluding hydrogens is 292 g/mol. The minimum atomic E-state index is -1.53. The SMILES string of the molecule is CN(C)Cc1cc(-c2ncc([C@@H](O)[C@H](O)[C@H](O)CO)[nH]2)no1. The second-order valence-electron chi connectivity index (χ2n) is 5.29. The fourth-order valence-electron chi connectivity index (χ4n) is 1.93. The lowest BCUT2D eigenvalue weighted by Gasteiger charge is -2.20. The van der Waals surface area contributed by atoms with Crippen molar-refractivity contribution in [3.63, 3.8) is 0 Å². The maximum Gasteiger partial charge on any atom is 0.159 e. The van der Waals surface area contributed by atoms with Gasteiger partial charge in [-0.25, -0.2) is 4.98 Å². The second kappa shape index (κ2) is 6.99. The third-order valence-corrected chi connectivity index (χ3v) is 3.09. The van der Waals surface area contributed by atoms with Gasteiger partial charge in [-0.05, 0) is 14.1 Å². The average molecular weight is 312 g/mol. The van der Waals surface area contributed by atoms with E-state index in [1.165, 1.54) is 6.20 Å². The number of hydrogen-bond donors (Lipinski definition) is 5. The summed E-state index contributed by atoms with van der Waals surface area (Å²) in [6.07, 6.45) is -3.05. The molecule has 0 unspecified atom stereocenters. The minimum absolute atomic E-state index is 0.201. The highest BCUT2D eigenvalue weighted by molar-refractivity contribution is 5.49. The Hall–Kier alpha value is -1.78. The van der Waals surface area contributed by atoms with E-state index in [4.69, 9.17) is 9.63 Å². The molecule has 0 saturated heterocycles. The number of rotatable bonds is 7. The van der Waals surface area contributed by atoms with E-state index in [0.717, 1.165) is 0 Å². The highest BCUT2D eigenvalue weighted by Crippen LogP contribution is 2.22. The number of aliphatic hydroxyl groups excluding tert-OH is 4. The Kier molecular flexibility index (Phi) is 5.27. The minimum Gasteiger partial charge on any atom is -0.394 e. The molecule has 0 amide bonds. The van der Waals surface area contributed by atoms with Crippen molar-refractivity contribution in [1.29, 1.82) is 0 Å². The van der Waals surface area contributed by atoms with Gasteiger partial charge in [0.2, 0.25) is 0 Å². The zero-order valence-corrected chi connectivity index (χ0v) is 12.3. The molecule has 0 aliphatic rings. The normalized spacial score (nSPS) is 16.0. The smallest absolute Gasteiger partial charge is 0.159 e. The van der Waals surface area contributed by atoms with Crippen LogP contribution in [0.15, 0.2) is 16.8 Å². The van der Waals surface area contributed by atoms with Crippen molar-refractivity contribution >= 4 is 0 Å². The van der Waals surface area contributed by atoms with Gasteiger partial charge in [0, 0.05) is 6.07 Å². The molecule has 2 rings (SSSR count). The fourth-order valence-corrected chi connectivity index (χ4v) is 1.93. The number of aromatic nitrogens is 3. The summed E-state index contributed by atoms with van der Waals surface area (Å²) < 4.78 is 5.17. The summed E-state index contributed by atoms with van der Waals surface area (Å²) in [4.78, 5) is 8.79. The summed E-state index contributed by atoms with van der Waals surface area (Å²) in [5, 5.41) is 41.6. The Morgan fingerprint density at radius 2 is 2.05 bits per heavy atom. The summed E-state index contributed by atoms with van der Waals surface area (Å²) in [5.74, 6) is 1.03. The Bertz CT molecular complexity index is 597. The predicted molar refractivity (Wildman–Crippen MR) is 75.5 cm³/mol. The number of imidazole rings is 1. The Morgan fingerprint density at radius 1 is 1.32 bits per heavy atom. The predicted octanol–water partition coefficient (Wildman–Crippen LogP) is -1.13. The van der Waals surface area contributed by atoms with Crippen LogP contribution in [-0.4, -0.2) is 73.4 Å². The van der Waals surface area contributed by atoms with E-state index in [-0.39, 0.29) is 5.69 Å². The molecular formula is C13H20N4O5. The first-order chi connectivity index (χ1) is 10.4. The number of hydrogen-bond acceptors (Lipinski definition) is 8. The Labute approximate surface area is 126 Å². The van der Waals surface area contributed by atoms with E-state index in [1.807, 2.05) is 19.0 Å². The van der Waals surface area contributed by atoms with Crippen LogP contribution in [0.3, 0.4) is 0 Å². The van der Waals surface area contributed by atoms with Gasteiger partial charge in [0.15, 0.2) is 11.6 Å². The molecule has 9 heteroatoms. The van der Waals surface area contributed by atoms with Crippen LogP contribution in [0.5, 0.6) is 0 Å². The number of aromatic amines is 1. The van der Waals surface area contributed by atoms with Gasteiger partial charge in [-0.2, -0.15) is 0 Å². The molecule has 0 spiro atoms. The monoisotopic (exact) mass is 312 g/mol. The molecule has 0 radical (unpaired) electrons. The molecule has 0 aliphatic carbocycles. The largest absolute Gasteiger partial charge is 0.394 e. The average Bonchev–Trinajstić information content (AvgIpc) is 3.13. The lowest BCUT2D eigenvalue weighted by atomic mass is 10.1. The molecule has 0 aliphatic heterocycles. The highest BCUT2D eigenvalue weighted by Gasteiger charge is 2.27. The first-order valence-corrected chi connectivity index (χ1v) is 6.73. The molecule has 2 aromatic rings. The van der Waals surface area contributed by atoms with E-state index in [0.29, 0.717) is 23.8 Å². The molecule has 2 heterocycles. The van der Waals surface area contributed by atoms with Gasteiger partial charge in [-0.3, -0.25) is 0 Å². The van der Waals surface area contributed by atoms with Crippen molar-refractivity contribution in [3.8, 4) is 11.5 Å². The quantitative estimate of drug-likeness (QED) is 0.433. The van der Waals surface area contributed by atoms with Crippen LogP contribution < -0.4 is 0 Å². The molecule has 3 atom stereocenters. The van der Waals surface area contributed by atoms with Gasteiger partial charge >= 0.3 is 0 Å². The Morgan fingerprint density at radius 3 is 2.68 bits per heavy atom. The summed E-state index contributed by atoms with van der Waals surface area (Å²) in [6, 6.07) is 1.72. The van der Waals surface area contributed by atoms with E-state index in [1.54, 1.807) is 6.07 Å². The fraction of sp³-hybridized carbons (Fsp3) is 0.538. The van der Waals surface area contributed by atoms with Gasteiger partial charge in [0.05, 0.1) is 25.0 Å². The molecule has 2 aromatic heterocycles. The van der Waals surface area contributed by atoms with Gasteiger partial charge < -0.3 is 34.8 Å². The van der Waals surface area contributed by atoms with Crippen molar-refractivity contribution in [3.05, 3.63) is 23.7 Å². The van der Waals surface area contributed by atoms with Crippen molar-refractivity contribution in [1.82, 2.24) is 20.0 Å². The van der Waals surface area contributed by atoms with Crippen LogP contribution in [0.1, 0.15) is 17.6 Å². The van der Waals surface area contributed by atoms with E-state index in [9.17, 15) is 15.3 Å². The third kappa shape index (κ3) is 3.70. The Balaban J connectivity index is 2.12. The van der Waals surface area contributed by atoms with Gasteiger partial charge in [0.25, 0.3) is 0 Å². The summed E-state index contributed by atoms with van der Waals surface area (Å²) in [5.41, 5.74) is 0.666. The maximum atomic E-state index is 9.93. The summed E-state index contributed by atoms with van der Waals surface area (Å²) in [7, 11) is 3.80. The van der Waals surface area contributed by atoms with E-state index >= 15 is 0 Å². The maximum absolute atomic E-state index is 9.93. The molecule has 0 bridgehead atoms. The highest BCUT2D eigenvalue weighted by atomic mass is 16.5. The first kappa shape index (κ1) is 16.6. The zero-order chi connectivity index (χ0) is 16.3. The van der Waals surface area contributed by atoms with Gasteiger partial charge in [0.1, 0.15) is 24.0 Å². The van der Waals surface area contributed by atoms with Crippen LogP contribution in [0.25, 0.3) is 11.5 Å². The third-order valence-electron chi connectivity index (χ3n) is 3.09. The molecule has 122 valence electrons. The lowest BCUT2D eigenvalue weighted by molar-refractivity contribution is -0.0788. The summed E-state index contributed by atoms with van der Waals surface area (Å²) in [6.45, 7) is -0.0685. The molecule has 22 heavy (non-hydrogen) atoms. The van der Waals surface area contributed by atoms with Gasteiger partial charge in [-0.15, -0.1) is 0 Å². The van der Waals surface area contributed by atoms with Crippen LogP contribution in [0.2, 0.25) is 0 Å². The van der Waals surface area contributed by atoms with Crippen LogP contribution in [0, 0.1) is 0 Å². The van der Waals surface area contributed by atoms with Crippen molar-refractivity contribution in [2.45, 2.75) is 24.9 Å². The number of nitrogens with one attached hydrogen (secondary N) is 1. The topological polar surface area (TPSA) is 139 Å². The standard InChI is InChI=1S/C13H20N4O5/c1-17(2)5-7-3-8(16-22-7)13-14-4-9(15-13)11(20)12(21)10(19)6-18/h3-4,10-12,18-21H,5-6H2,1-2H3,(H,14,15)/t10-,11-,12-/m1/s1. The van der Waals surface area contributed by atoms with E-state index in [2.05, 4.69) is 15.1 Å². The van der Waals surface area contributed by atoms with Crippen molar-refractivity contribution in [2.75, 3.05) is 20.7 Å². The van der Waals surface area contributed by atoms with Crippen molar-refractivity contribution < 1.29 is 24.9 Å². The van der Waals surface area contributed by atoms with E-state index < -0.39 is 24.9 Å². The molecule has 0 aromatic carbocycles. The number of nitrogens with zero attached hydrogens (tertiary/aromatic N) is 3. The molecule has 0 fully saturated rings. The van der Waals surface area contributed by atoms with Crippen LogP contribution >= 0.6 is 0 Å². The number of aliphatic hydroxyl groups is 4. The van der Waals surface area contributed by atoms with Crippen molar-refractivity contribution in [2.24, 2.45) is 0 Å². The van der Waals surface area contributed by atoms with Gasteiger partial charge in [-0.1, -0.05) is 5.16 Å². The lowest BCUT2D eigenvalue weighted by Crippen LogP contribution is -2.34. The molecule has 9 nitrogen and oxygen atoms in total. The van der Waals surface area contributed by atoms with Crippen LogP contribution in [-0.2, 0) is 6.54 Å². The summed E-state index contributed by atoms with van der Waals surface area (Å²) >= 11 is 0. The molecule has 5 N–H and O–H groups in total.